The van der Waals surface area contributed by atoms with E-state index in [0.29, 0.717) is 34.4 Å². The highest BCUT2D eigenvalue weighted by Gasteiger charge is 2.09. The zero-order valence-corrected chi connectivity index (χ0v) is 16.4. The lowest BCUT2D eigenvalue weighted by Gasteiger charge is -2.12. The van der Waals surface area contributed by atoms with Gasteiger partial charge in [0.2, 0.25) is 0 Å². The van der Waals surface area contributed by atoms with Crippen molar-refractivity contribution in [3.63, 3.8) is 0 Å². The summed E-state index contributed by atoms with van der Waals surface area (Å²) in [6, 6.07) is 18.9. The minimum absolute atomic E-state index is 0.128. The smallest absolute Gasteiger partial charge is 0.251 e. The van der Waals surface area contributed by atoms with Gasteiger partial charge >= 0.3 is 0 Å². The van der Waals surface area contributed by atoms with E-state index >= 15 is 0 Å². The number of pyridine rings is 1. The van der Waals surface area contributed by atoms with E-state index in [-0.39, 0.29) is 5.91 Å². The molecule has 1 aromatic heterocycles. The summed E-state index contributed by atoms with van der Waals surface area (Å²) in [5.74, 6) is 1.05. The van der Waals surface area contributed by atoms with Gasteiger partial charge in [0.15, 0.2) is 0 Å². The Morgan fingerprint density at radius 3 is 2.71 bits per heavy atom. The first-order valence-corrected chi connectivity index (χ1v) is 9.42. The van der Waals surface area contributed by atoms with Gasteiger partial charge in [-0.15, -0.1) is 0 Å². The third-order valence-electron chi connectivity index (χ3n) is 4.22. The van der Waals surface area contributed by atoms with Crippen LogP contribution in [0, 0.1) is 0 Å². The predicted octanol–water partition coefficient (Wildman–Crippen LogP) is 4.85. The molecule has 0 saturated carbocycles. The fraction of sp³-hybridized carbons (Fsp3) is 0.182. The van der Waals surface area contributed by atoms with Crippen molar-refractivity contribution in [3.05, 3.63) is 83.0 Å². The minimum atomic E-state index is -0.128. The highest BCUT2D eigenvalue weighted by atomic mass is 35.5. The molecule has 3 aromatic rings. The number of aromatic nitrogens is 1. The van der Waals surface area contributed by atoms with Crippen LogP contribution in [0.4, 0.5) is 11.5 Å². The molecule has 1 amide bonds. The second kappa shape index (κ2) is 9.76. The number of halogens is 1. The lowest BCUT2D eigenvalue weighted by molar-refractivity contribution is 0.0953. The van der Waals surface area contributed by atoms with Crippen molar-refractivity contribution in [2.24, 2.45) is 0 Å². The van der Waals surface area contributed by atoms with Crippen LogP contribution in [0.5, 0.6) is 5.75 Å². The Kier molecular flexibility index (Phi) is 6.87. The summed E-state index contributed by atoms with van der Waals surface area (Å²) >= 11 is 6.06. The number of carbonyl (C=O) groups excluding carboxylic acids is 1. The maximum atomic E-state index is 12.4. The molecule has 0 aliphatic carbocycles. The fourth-order valence-electron chi connectivity index (χ4n) is 2.80. The second-order valence-electron chi connectivity index (χ2n) is 6.24. The molecule has 0 aliphatic rings. The van der Waals surface area contributed by atoms with Crippen LogP contribution in [-0.2, 0) is 6.42 Å². The molecule has 0 atom stereocenters. The van der Waals surface area contributed by atoms with E-state index in [1.54, 1.807) is 43.6 Å². The largest absolute Gasteiger partial charge is 0.495 e. The van der Waals surface area contributed by atoms with Crippen LogP contribution in [-0.4, -0.2) is 24.5 Å². The van der Waals surface area contributed by atoms with Gasteiger partial charge in [-0.25, -0.2) is 4.98 Å². The maximum Gasteiger partial charge on any atom is 0.251 e. The normalized spacial score (nSPS) is 10.4. The number of nitrogens with zero attached hydrogens (tertiary/aromatic N) is 1. The topological polar surface area (TPSA) is 63.2 Å². The fourth-order valence-corrected chi connectivity index (χ4v) is 2.97. The Hall–Kier alpha value is -3.05. The van der Waals surface area contributed by atoms with Crippen LogP contribution in [0.25, 0.3) is 0 Å². The molecule has 6 heteroatoms. The number of rotatable bonds is 8. The van der Waals surface area contributed by atoms with Gasteiger partial charge in [-0.3, -0.25) is 4.79 Å². The van der Waals surface area contributed by atoms with Crippen molar-refractivity contribution < 1.29 is 9.53 Å². The van der Waals surface area contributed by atoms with Gasteiger partial charge in [-0.2, -0.15) is 0 Å². The first-order chi connectivity index (χ1) is 13.7. The zero-order valence-electron chi connectivity index (χ0n) is 15.6. The average molecular weight is 396 g/mol. The SMILES string of the molecule is COc1ccc(Cl)cc1Nc1cc(C(=O)NCCCc2ccccc2)ccn1. The molecule has 2 N–H and O–H groups in total. The van der Waals surface area contributed by atoms with E-state index in [1.807, 2.05) is 18.2 Å². The lowest BCUT2D eigenvalue weighted by Crippen LogP contribution is -2.24. The molecule has 28 heavy (non-hydrogen) atoms. The van der Waals surface area contributed by atoms with Gasteiger partial charge in [-0.05, 0) is 48.7 Å². The molecule has 0 unspecified atom stereocenters. The molecular formula is C22H22ClN3O2. The van der Waals surface area contributed by atoms with Crippen LogP contribution in [0.15, 0.2) is 66.9 Å². The van der Waals surface area contributed by atoms with E-state index in [4.69, 9.17) is 16.3 Å². The van der Waals surface area contributed by atoms with Crippen LogP contribution in [0.1, 0.15) is 22.3 Å². The van der Waals surface area contributed by atoms with E-state index in [1.165, 1.54) is 5.56 Å². The van der Waals surface area contributed by atoms with E-state index < -0.39 is 0 Å². The van der Waals surface area contributed by atoms with E-state index in [0.717, 1.165) is 12.8 Å². The summed E-state index contributed by atoms with van der Waals surface area (Å²) in [5.41, 5.74) is 2.49. The van der Waals surface area contributed by atoms with Crippen LogP contribution >= 0.6 is 11.6 Å². The quantitative estimate of drug-likeness (QED) is 0.535. The molecule has 1 heterocycles. The molecule has 0 fully saturated rings. The highest BCUT2D eigenvalue weighted by Crippen LogP contribution is 2.30. The van der Waals surface area contributed by atoms with Gasteiger partial charge in [0.1, 0.15) is 11.6 Å². The first kappa shape index (κ1) is 19.7. The van der Waals surface area contributed by atoms with Crippen molar-refractivity contribution in [2.45, 2.75) is 12.8 Å². The van der Waals surface area contributed by atoms with Crippen molar-refractivity contribution in [1.29, 1.82) is 0 Å². The summed E-state index contributed by atoms with van der Waals surface area (Å²) in [5, 5.41) is 6.68. The highest BCUT2D eigenvalue weighted by molar-refractivity contribution is 6.31. The molecule has 3 rings (SSSR count). The standard InChI is InChI=1S/C22H22ClN3O2/c1-28-20-10-9-18(23)15-19(20)26-21-14-17(11-13-24-21)22(27)25-12-5-8-16-6-3-2-4-7-16/h2-4,6-7,9-11,13-15H,5,8,12H2,1H3,(H,24,26)(H,25,27). The third-order valence-corrected chi connectivity index (χ3v) is 4.45. The summed E-state index contributed by atoms with van der Waals surface area (Å²) in [7, 11) is 1.58. The lowest BCUT2D eigenvalue weighted by atomic mass is 10.1. The number of anilines is 2. The average Bonchev–Trinajstić information content (AvgIpc) is 2.72. The van der Waals surface area contributed by atoms with E-state index in [9.17, 15) is 4.79 Å². The van der Waals surface area contributed by atoms with Gasteiger partial charge in [0.05, 0.1) is 12.8 Å². The molecule has 0 aliphatic heterocycles. The number of carbonyl (C=O) groups is 1. The Labute approximate surface area is 169 Å². The van der Waals surface area contributed by atoms with Gasteiger partial charge in [-0.1, -0.05) is 41.9 Å². The third kappa shape index (κ3) is 5.47. The molecule has 0 bridgehead atoms. The second-order valence-corrected chi connectivity index (χ2v) is 6.68. The maximum absolute atomic E-state index is 12.4. The van der Waals surface area contributed by atoms with E-state index in [2.05, 4.69) is 27.8 Å². The molecule has 5 nitrogen and oxygen atoms in total. The van der Waals surface area contributed by atoms with Crippen molar-refractivity contribution in [2.75, 3.05) is 19.0 Å². The van der Waals surface area contributed by atoms with Crippen molar-refractivity contribution >= 4 is 29.0 Å². The summed E-state index contributed by atoms with van der Waals surface area (Å²) in [6.07, 6.45) is 3.41. The van der Waals surface area contributed by atoms with Gasteiger partial charge in [0, 0.05) is 23.3 Å². The summed E-state index contributed by atoms with van der Waals surface area (Å²) in [6.45, 7) is 0.612. The Bertz CT molecular complexity index is 932. The number of methoxy groups -OCH3 is 1. The minimum Gasteiger partial charge on any atom is -0.495 e. The monoisotopic (exact) mass is 395 g/mol. The van der Waals surface area contributed by atoms with Crippen LogP contribution in [0.2, 0.25) is 5.02 Å². The molecule has 2 aromatic carbocycles. The summed E-state index contributed by atoms with van der Waals surface area (Å²) < 4.78 is 5.32. The number of aryl methyl sites for hydroxylation is 1. The Morgan fingerprint density at radius 1 is 1.11 bits per heavy atom. The van der Waals surface area contributed by atoms with Crippen LogP contribution < -0.4 is 15.4 Å². The molecule has 0 saturated heterocycles. The zero-order chi connectivity index (χ0) is 19.8. The first-order valence-electron chi connectivity index (χ1n) is 9.04. The van der Waals surface area contributed by atoms with Crippen molar-refractivity contribution in [3.8, 4) is 5.75 Å². The number of hydrogen-bond acceptors (Lipinski definition) is 4. The van der Waals surface area contributed by atoms with Crippen molar-refractivity contribution in [1.82, 2.24) is 10.3 Å². The Morgan fingerprint density at radius 2 is 1.93 bits per heavy atom. The number of nitrogens with one attached hydrogen (secondary N) is 2. The number of ether oxygens (including phenoxy) is 1. The van der Waals surface area contributed by atoms with Gasteiger partial charge in [0.25, 0.3) is 5.91 Å². The number of benzene rings is 2. The molecular weight excluding hydrogens is 374 g/mol. The molecule has 144 valence electrons. The summed E-state index contributed by atoms with van der Waals surface area (Å²) in [4.78, 5) is 16.7. The molecule has 0 radical (unpaired) electrons. The van der Waals surface area contributed by atoms with Crippen LogP contribution in [0.3, 0.4) is 0 Å². The van der Waals surface area contributed by atoms with Gasteiger partial charge < -0.3 is 15.4 Å². The Balaban J connectivity index is 1.58. The number of hydrogen-bond donors (Lipinski definition) is 2. The molecule has 0 spiro atoms. The number of amides is 1. The predicted molar refractivity (Wildman–Crippen MR) is 113 cm³/mol.